The summed E-state index contributed by atoms with van der Waals surface area (Å²) in [6, 6.07) is 13.1. The van der Waals surface area contributed by atoms with Crippen LogP contribution in [0, 0.1) is 0 Å². The van der Waals surface area contributed by atoms with E-state index >= 15 is 0 Å². The van der Waals surface area contributed by atoms with E-state index < -0.39 is 5.97 Å². The van der Waals surface area contributed by atoms with Gasteiger partial charge in [-0.25, -0.2) is 14.5 Å². The Morgan fingerprint density at radius 3 is 2.60 bits per heavy atom. The second-order valence-electron chi connectivity index (χ2n) is 4.22. The number of rotatable bonds is 3. The Balaban J connectivity index is 2.05. The van der Waals surface area contributed by atoms with E-state index in [1.807, 2.05) is 30.3 Å². The third-order valence-corrected chi connectivity index (χ3v) is 2.93. The average Bonchev–Trinajstić information content (AvgIpc) is 2.98. The van der Waals surface area contributed by atoms with Gasteiger partial charge in [0.1, 0.15) is 0 Å². The third kappa shape index (κ3) is 2.16. The summed E-state index contributed by atoms with van der Waals surface area (Å²) < 4.78 is 1.53. The maximum Gasteiger partial charge on any atom is 0.356 e. The predicted octanol–water partition coefficient (Wildman–Crippen LogP) is 2.63. The van der Waals surface area contributed by atoms with E-state index in [4.69, 9.17) is 5.11 Å². The lowest BCUT2D eigenvalue weighted by molar-refractivity contribution is 0.0690. The molecule has 2 heterocycles. The summed E-state index contributed by atoms with van der Waals surface area (Å²) >= 11 is 0. The van der Waals surface area contributed by atoms with Gasteiger partial charge in [0.25, 0.3) is 0 Å². The molecule has 0 saturated carbocycles. The van der Waals surface area contributed by atoms with E-state index in [2.05, 4.69) is 10.1 Å². The summed E-state index contributed by atoms with van der Waals surface area (Å²) in [6.07, 6.45) is 4.95. The Morgan fingerprint density at radius 2 is 1.85 bits per heavy atom. The van der Waals surface area contributed by atoms with Crippen LogP contribution in [0.2, 0.25) is 0 Å². The molecule has 1 aromatic carbocycles. The number of aromatic nitrogens is 3. The van der Waals surface area contributed by atoms with Gasteiger partial charge in [0.2, 0.25) is 0 Å². The molecule has 0 saturated heterocycles. The molecule has 1 N–H and O–H groups in total. The number of nitrogens with zero attached hydrogens (tertiary/aromatic N) is 3. The van der Waals surface area contributed by atoms with E-state index in [1.165, 1.54) is 10.9 Å². The van der Waals surface area contributed by atoms with Gasteiger partial charge in [-0.1, -0.05) is 30.3 Å². The van der Waals surface area contributed by atoms with Gasteiger partial charge in [-0.15, -0.1) is 0 Å². The molecule has 0 unspecified atom stereocenters. The van der Waals surface area contributed by atoms with Crippen LogP contribution in [0.3, 0.4) is 0 Å². The van der Waals surface area contributed by atoms with Crippen molar-refractivity contribution in [2.75, 3.05) is 0 Å². The minimum atomic E-state index is -1.07. The van der Waals surface area contributed by atoms with E-state index in [9.17, 15) is 4.79 Å². The molecule has 0 bridgehead atoms. The number of carboxylic acids is 1. The minimum Gasteiger partial charge on any atom is -0.476 e. The van der Waals surface area contributed by atoms with Crippen LogP contribution in [0.5, 0.6) is 0 Å². The molecular formula is C15H11N3O2. The highest BCUT2D eigenvalue weighted by Crippen LogP contribution is 2.20. The standard InChI is InChI=1S/C15H11N3O2/c19-15(20)14-13(7-4-8-16-14)18-10-12(9-17-18)11-5-2-1-3-6-11/h1-10H,(H,19,20). The lowest BCUT2D eigenvalue weighted by Gasteiger charge is -2.04. The molecule has 0 aliphatic carbocycles. The SMILES string of the molecule is O=C(O)c1ncccc1-n1cc(-c2ccccc2)cn1. The number of carboxylic acid groups (broad SMARTS) is 1. The number of hydrogen-bond donors (Lipinski definition) is 1. The Bertz CT molecular complexity index is 751. The zero-order chi connectivity index (χ0) is 13.9. The first-order chi connectivity index (χ1) is 9.75. The largest absolute Gasteiger partial charge is 0.476 e. The van der Waals surface area contributed by atoms with Crippen molar-refractivity contribution in [1.29, 1.82) is 0 Å². The Kier molecular flexibility index (Phi) is 3.01. The number of carbonyl (C=O) groups is 1. The van der Waals surface area contributed by atoms with Crippen molar-refractivity contribution in [2.24, 2.45) is 0 Å². The monoisotopic (exact) mass is 265 g/mol. The highest BCUT2D eigenvalue weighted by Gasteiger charge is 2.13. The summed E-state index contributed by atoms with van der Waals surface area (Å²) in [6.45, 7) is 0. The molecule has 0 atom stereocenters. The van der Waals surface area contributed by atoms with Crippen molar-refractivity contribution in [1.82, 2.24) is 14.8 Å². The van der Waals surface area contributed by atoms with Gasteiger partial charge in [0.15, 0.2) is 5.69 Å². The van der Waals surface area contributed by atoms with E-state index in [0.717, 1.165) is 11.1 Å². The van der Waals surface area contributed by atoms with Crippen LogP contribution >= 0.6 is 0 Å². The van der Waals surface area contributed by atoms with Gasteiger partial charge in [-0.05, 0) is 17.7 Å². The molecule has 0 amide bonds. The van der Waals surface area contributed by atoms with Crippen LogP contribution in [0.1, 0.15) is 10.5 Å². The average molecular weight is 265 g/mol. The molecule has 0 radical (unpaired) electrons. The van der Waals surface area contributed by atoms with E-state index in [1.54, 1.807) is 24.5 Å². The number of benzene rings is 1. The molecular weight excluding hydrogens is 254 g/mol. The minimum absolute atomic E-state index is 0.0183. The van der Waals surface area contributed by atoms with Gasteiger partial charge < -0.3 is 5.11 Å². The smallest absolute Gasteiger partial charge is 0.356 e. The van der Waals surface area contributed by atoms with Gasteiger partial charge in [0, 0.05) is 18.0 Å². The summed E-state index contributed by atoms with van der Waals surface area (Å²) in [5, 5.41) is 13.4. The number of aromatic carboxylic acids is 1. The van der Waals surface area contributed by atoms with Crippen LogP contribution in [0.25, 0.3) is 16.8 Å². The summed E-state index contributed by atoms with van der Waals surface area (Å²) in [5.74, 6) is -1.07. The summed E-state index contributed by atoms with van der Waals surface area (Å²) in [4.78, 5) is 15.0. The van der Waals surface area contributed by atoms with E-state index in [-0.39, 0.29) is 5.69 Å². The fraction of sp³-hybridized carbons (Fsp3) is 0. The Morgan fingerprint density at radius 1 is 1.05 bits per heavy atom. The normalized spacial score (nSPS) is 10.4. The van der Waals surface area contributed by atoms with E-state index in [0.29, 0.717) is 5.69 Å². The second kappa shape index (κ2) is 4.97. The predicted molar refractivity (Wildman–Crippen MR) is 73.8 cm³/mol. The zero-order valence-electron chi connectivity index (χ0n) is 10.5. The van der Waals surface area contributed by atoms with Crippen LogP contribution in [-0.4, -0.2) is 25.8 Å². The van der Waals surface area contributed by atoms with Crippen LogP contribution in [0.4, 0.5) is 0 Å². The Labute approximate surface area is 115 Å². The lowest BCUT2D eigenvalue weighted by Crippen LogP contribution is -2.07. The molecule has 0 aliphatic heterocycles. The van der Waals surface area contributed by atoms with Crippen molar-refractivity contribution in [3.05, 3.63) is 66.7 Å². The number of hydrogen-bond acceptors (Lipinski definition) is 3. The van der Waals surface area contributed by atoms with Crippen LogP contribution in [0.15, 0.2) is 61.1 Å². The zero-order valence-corrected chi connectivity index (χ0v) is 10.5. The van der Waals surface area contributed by atoms with Crippen molar-refractivity contribution in [3.8, 4) is 16.8 Å². The van der Waals surface area contributed by atoms with Crippen molar-refractivity contribution in [3.63, 3.8) is 0 Å². The topological polar surface area (TPSA) is 68.0 Å². The molecule has 5 nitrogen and oxygen atoms in total. The third-order valence-electron chi connectivity index (χ3n) is 2.93. The highest BCUT2D eigenvalue weighted by atomic mass is 16.4. The summed E-state index contributed by atoms with van der Waals surface area (Å²) in [5.41, 5.74) is 2.38. The molecule has 3 rings (SSSR count). The molecule has 98 valence electrons. The Hall–Kier alpha value is -2.95. The highest BCUT2D eigenvalue weighted by molar-refractivity contribution is 5.89. The molecule has 0 spiro atoms. The first-order valence-electron chi connectivity index (χ1n) is 6.04. The molecule has 3 aromatic rings. The van der Waals surface area contributed by atoms with Crippen molar-refractivity contribution >= 4 is 5.97 Å². The summed E-state index contributed by atoms with van der Waals surface area (Å²) in [7, 11) is 0. The maximum atomic E-state index is 11.2. The maximum absolute atomic E-state index is 11.2. The van der Waals surface area contributed by atoms with Crippen molar-refractivity contribution < 1.29 is 9.90 Å². The molecule has 20 heavy (non-hydrogen) atoms. The molecule has 0 fully saturated rings. The lowest BCUT2D eigenvalue weighted by atomic mass is 10.1. The first kappa shape index (κ1) is 12.1. The molecule has 0 aliphatic rings. The molecule has 5 heteroatoms. The van der Waals surface area contributed by atoms with Gasteiger partial charge in [0.05, 0.1) is 11.9 Å². The fourth-order valence-electron chi connectivity index (χ4n) is 1.98. The van der Waals surface area contributed by atoms with Crippen molar-refractivity contribution in [2.45, 2.75) is 0 Å². The van der Waals surface area contributed by atoms with Crippen LogP contribution in [-0.2, 0) is 0 Å². The quantitative estimate of drug-likeness (QED) is 0.790. The van der Waals surface area contributed by atoms with Crippen LogP contribution < -0.4 is 0 Å². The fourth-order valence-corrected chi connectivity index (χ4v) is 1.98. The first-order valence-corrected chi connectivity index (χ1v) is 6.04. The van der Waals surface area contributed by atoms with Gasteiger partial charge in [-0.2, -0.15) is 5.10 Å². The van der Waals surface area contributed by atoms with Gasteiger partial charge >= 0.3 is 5.97 Å². The number of pyridine rings is 1. The van der Waals surface area contributed by atoms with Gasteiger partial charge in [-0.3, -0.25) is 0 Å². The molecule has 2 aromatic heterocycles. The second-order valence-corrected chi connectivity index (χ2v) is 4.22.